The van der Waals surface area contributed by atoms with E-state index < -0.39 is 11.7 Å². The molecule has 1 aliphatic rings. The second-order valence-electron chi connectivity index (χ2n) is 7.81. The zero-order valence-corrected chi connectivity index (χ0v) is 17.6. The van der Waals surface area contributed by atoms with Crippen LogP contribution in [0.25, 0.3) is 0 Å². The Balaban J connectivity index is 2.07. The highest BCUT2D eigenvalue weighted by Gasteiger charge is 2.33. The largest absolute Gasteiger partial charge is 0.444 e. The molecule has 2 heterocycles. The summed E-state index contributed by atoms with van der Waals surface area (Å²) >= 11 is 1.97. The molecule has 2 rings (SSSR count). The number of nitrogens with two attached hydrogens (primary N) is 1. The van der Waals surface area contributed by atoms with Crippen LogP contribution in [-0.4, -0.2) is 34.9 Å². The fourth-order valence-corrected chi connectivity index (χ4v) is 3.40. The van der Waals surface area contributed by atoms with Gasteiger partial charge in [0.1, 0.15) is 15.0 Å². The van der Waals surface area contributed by atoms with Gasteiger partial charge < -0.3 is 20.7 Å². The second kappa shape index (κ2) is 7.05. The Hall–Kier alpha value is -1.45. The van der Waals surface area contributed by atoms with Crippen LogP contribution in [0.2, 0.25) is 0 Å². The maximum atomic E-state index is 12.2. The van der Waals surface area contributed by atoms with E-state index in [1.165, 1.54) is 0 Å². The highest BCUT2D eigenvalue weighted by atomic mass is 127. The smallest absolute Gasteiger partial charge is 0.408 e. The van der Waals surface area contributed by atoms with Crippen molar-refractivity contribution >= 4 is 40.2 Å². The van der Waals surface area contributed by atoms with Crippen LogP contribution in [-0.2, 0) is 11.8 Å². The van der Waals surface area contributed by atoms with Crippen LogP contribution >= 0.6 is 22.6 Å². The number of alkyl carbamates (subject to hydrolysis) is 1. The number of carbonyl (C=O) groups is 1. The van der Waals surface area contributed by atoms with Crippen molar-refractivity contribution in [3.8, 4) is 0 Å². The molecule has 0 aromatic carbocycles. The third-order valence-electron chi connectivity index (χ3n) is 4.37. The number of nitrogens with zero attached hydrogens (tertiary/aromatic N) is 2. The number of aromatic nitrogens is 1. The molecule has 0 saturated carbocycles. The van der Waals surface area contributed by atoms with Gasteiger partial charge in [0.15, 0.2) is 0 Å². The summed E-state index contributed by atoms with van der Waals surface area (Å²) in [6, 6.07) is 1.84. The van der Waals surface area contributed by atoms with E-state index in [2.05, 4.69) is 10.2 Å². The van der Waals surface area contributed by atoms with E-state index in [0.29, 0.717) is 9.26 Å². The molecule has 0 aliphatic carbocycles. The minimum absolute atomic E-state index is 0.0872. The quantitative estimate of drug-likeness (QED) is 0.660. The van der Waals surface area contributed by atoms with Gasteiger partial charge >= 0.3 is 6.09 Å². The SMILES string of the molecule is Cn1c(N2CCC(C)(NC(=O)OC(C)(C)C)CC2)cc(N)c(I)c1=O. The number of piperidine rings is 1. The zero-order chi connectivity index (χ0) is 19.0. The molecule has 1 aromatic heterocycles. The average molecular weight is 462 g/mol. The first-order chi connectivity index (χ1) is 11.4. The van der Waals surface area contributed by atoms with E-state index >= 15 is 0 Å². The number of nitrogen functional groups attached to an aromatic ring is 1. The third kappa shape index (κ3) is 4.80. The van der Waals surface area contributed by atoms with Crippen molar-refractivity contribution in [2.75, 3.05) is 23.7 Å². The minimum Gasteiger partial charge on any atom is -0.444 e. The second-order valence-corrected chi connectivity index (χ2v) is 8.89. The fraction of sp³-hybridized carbons (Fsp3) is 0.647. The standard InChI is InChI=1S/C17H27IN4O3/c1-16(2,3)25-15(24)20-17(4)6-8-22(9-7-17)12-10-11(19)13(18)14(23)21(12)5/h10H,6-9,19H2,1-5H3,(H,20,24). The number of nitrogens with one attached hydrogen (secondary N) is 1. The van der Waals surface area contributed by atoms with Gasteiger partial charge in [0, 0.05) is 31.7 Å². The Labute approximate surface area is 162 Å². The average Bonchev–Trinajstić information content (AvgIpc) is 2.47. The van der Waals surface area contributed by atoms with Gasteiger partial charge in [0.05, 0.1) is 5.69 Å². The molecule has 0 spiro atoms. The van der Waals surface area contributed by atoms with E-state index in [4.69, 9.17) is 10.5 Å². The van der Waals surface area contributed by atoms with Crippen molar-refractivity contribution in [3.05, 3.63) is 20.0 Å². The lowest BCUT2D eigenvalue weighted by Gasteiger charge is -2.41. The van der Waals surface area contributed by atoms with Crippen LogP contribution in [0, 0.1) is 3.57 Å². The Bertz CT molecular complexity index is 716. The van der Waals surface area contributed by atoms with Crippen LogP contribution in [0.4, 0.5) is 16.3 Å². The van der Waals surface area contributed by atoms with Crippen molar-refractivity contribution < 1.29 is 9.53 Å². The topological polar surface area (TPSA) is 89.6 Å². The monoisotopic (exact) mass is 462 g/mol. The summed E-state index contributed by atoms with van der Waals surface area (Å²) < 4.78 is 7.52. The van der Waals surface area contributed by atoms with Crippen molar-refractivity contribution in [2.24, 2.45) is 7.05 Å². The summed E-state index contributed by atoms with van der Waals surface area (Å²) in [7, 11) is 1.76. The van der Waals surface area contributed by atoms with E-state index in [0.717, 1.165) is 31.7 Å². The van der Waals surface area contributed by atoms with Crippen LogP contribution in [0.15, 0.2) is 10.9 Å². The summed E-state index contributed by atoms with van der Waals surface area (Å²) in [6.07, 6.45) is 1.12. The van der Waals surface area contributed by atoms with E-state index in [-0.39, 0.29) is 11.1 Å². The number of rotatable bonds is 2. The summed E-state index contributed by atoms with van der Waals surface area (Å²) in [6.45, 7) is 9.01. The number of anilines is 2. The molecule has 140 valence electrons. The van der Waals surface area contributed by atoms with Crippen molar-refractivity contribution in [3.63, 3.8) is 0 Å². The van der Waals surface area contributed by atoms with E-state index in [1.54, 1.807) is 11.6 Å². The molecule has 1 aliphatic heterocycles. The minimum atomic E-state index is -0.516. The highest BCUT2D eigenvalue weighted by molar-refractivity contribution is 14.1. The maximum absolute atomic E-state index is 12.2. The predicted molar refractivity (Wildman–Crippen MR) is 108 cm³/mol. The number of ether oxygens (including phenoxy) is 1. The lowest BCUT2D eigenvalue weighted by Crippen LogP contribution is -2.54. The number of pyridine rings is 1. The number of amides is 1. The molecule has 1 aromatic rings. The van der Waals surface area contributed by atoms with Crippen molar-refractivity contribution in [2.45, 2.75) is 51.7 Å². The number of carbonyl (C=O) groups excluding carboxylic acids is 1. The highest BCUT2D eigenvalue weighted by Crippen LogP contribution is 2.27. The normalized spacial score (nSPS) is 17.3. The molecule has 3 N–H and O–H groups in total. The lowest BCUT2D eigenvalue weighted by atomic mass is 9.90. The van der Waals surface area contributed by atoms with Crippen LogP contribution < -0.4 is 21.5 Å². The van der Waals surface area contributed by atoms with Crippen molar-refractivity contribution in [1.29, 1.82) is 0 Å². The molecule has 0 atom stereocenters. The van der Waals surface area contributed by atoms with Crippen LogP contribution in [0.5, 0.6) is 0 Å². The molecule has 1 saturated heterocycles. The van der Waals surface area contributed by atoms with E-state index in [1.807, 2.05) is 56.4 Å². The molecular formula is C17H27IN4O3. The van der Waals surface area contributed by atoms with E-state index in [9.17, 15) is 9.59 Å². The molecule has 1 amide bonds. The van der Waals surface area contributed by atoms with Gasteiger partial charge in [-0.15, -0.1) is 0 Å². The first-order valence-corrected chi connectivity index (χ1v) is 9.41. The van der Waals surface area contributed by atoms with Crippen LogP contribution in [0.1, 0.15) is 40.5 Å². The van der Waals surface area contributed by atoms with Gasteiger partial charge in [-0.05, 0) is 63.1 Å². The molecule has 7 nitrogen and oxygen atoms in total. The number of hydrogen-bond donors (Lipinski definition) is 2. The van der Waals surface area contributed by atoms with Gasteiger partial charge in [0.25, 0.3) is 5.56 Å². The van der Waals surface area contributed by atoms with Crippen molar-refractivity contribution in [1.82, 2.24) is 9.88 Å². The van der Waals surface area contributed by atoms with Gasteiger partial charge in [-0.1, -0.05) is 0 Å². The molecule has 0 bridgehead atoms. The summed E-state index contributed by atoms with van der Waals surface area (Å²) in [5.74, 6) is 0.808. The zero-order valence-electron chi connectivity index (χ0n) is 15.5. The van der Waals surface area contributed by atoms with Gasteiger partial charge in [-0.25, -0.2) is 4.79 Å². The van der Waals surface area contributed by atoms with Gasteiger partial charge in [0.2, 0.25) is 0 Å². The fourth-order valence-electron chi connectivity index (χ4n) is 2.88. The Morgan fingerprint density at radius 1 is 1.36 bits per heavy atom. The Morgan fingerprint density at radius 2 is 1.92 bits per heavy atom. The van der Waals surface area contributed by atoms with Crippen LogP contribution in [0.3, 0.4) is 0 Å². The summed E-state index contributed by atoms with van der Waals surface area (Å²) in [4.78, 5) is 26.4. The molecule has 1 fully saturated rings. The Kier molecular flexibility index (Phi) is 5.60. The Morgan fingerprint density at radius 3 is 2.44 bits per heavy atom. The molecular weight excluding hydrogens is 435 g/mol. The molecule has 25 heavy (non-hydrogen) atoms. The first-order valence-electron chi connectivity index (χ1n) is 8.33. The maximum Gasteiger partial charge on any atom is 0.408 e. The molecule has 0 radical (unpaired) electrons. The third-order valence-corrected chi connectivity index (χ3v) is 5.45. The lowest BCUT2D eigenvalue weighted by molar-refractivity contribution is 0.0448. The molecule has 8 heteroatoms. The first kappa shape index (κ1) is 19.9. The summed E-state index contributed by atoms with van der Waals surface area (Å²) in [5.41, 5.74) is 5.52. The van der Waals surface area contributed by atoms with Gasteiger partial charge in [-0.2, -0.15) is 0 Å². The summed E-state index contributed by atoms with van der Waals surface area (Å²) in [5, 5.41) is 2.99. The number of hydrogen-bond acceptors (Lipinski definition) is 5. The molecule has 0 unspecified atom stereocenters. The predicted octanol–water partition coefficient (Wildman–Crippen LogP) is 2.46. The van der Waals surface area contributed by atoms with Gasteiger partial charge in [-0.3, -0.25) is 9.36 Å². The number of halogens is 1.